The molecular formula is C23H37N3O2. The molecule has 156 valence electrons. The molecule has 0 amide bonds. The molecule has 1 aliphatic heterocycles. The van der Waals surface area contributed by atoms with Crippen molar-refractivity contribution in [3.8, 4) is 0 Å². The smallest absolute Gasteiger partial charge is 0.194 e. The number of nitrogens with one attached hydrogen (secondary N) is 1. The van der Waals surface area contributed by atoms with Crippen LogP contribution in [0.3, 0.4) is 0 Å². The molecule has 1 aliphatic carbocycles. The molecule has 1 heterocycles. The molecule has 0 radical (unpaired) electrons. The number of aliphatic imine (C=N–C) groups is 1. The Morgan fingerprint density at radius 2 is 1.89 bits per heavy atom. The molecule has 5 heteroatoms. The third-order valence-corrected chi connectivity index (χ3v) is 5.88. The van der Waals surface area contributed by atoms with Crippen LogP contribution in [0.1, 0.15) is 51.0 Å². The summed E-state index contributed by atoms with van der Waals surface area (Å²) in [6, 6.07) is 10.1. The fourth-order valence-electron chi connectivity index (χ4n) is 4.25. The number of likely N-dealkylation sites (tertiary alicyclic amines) is 1. The molecule has 0 spiro atoms. The van der Waals surface area contributed by atoms with E-state index in [0.717, 1.165) is 56.5 Å². The Hall–Kier alpha value is -1.59. The van der Waals surface area contributed by atoms with Crippen molar-refractivity contribution < 1.29 is 9.84 Å². The van der Waals surface area contributed by atoms with Gasteiger partial charge in [0, 0.05) is 32.7 Å². The molecule has 0 aromatic heterocycles. The van der Waals surface area contributed by atoms with Crippen LogP contribution in [0.25, 0.3) is 0 Å². The fourth-order valence-corrected chi connectivity index (χ4v) is 4.25. The van der Waals surface area contributed by atoms with Gasteiger partial charge >= 0.3 is 0 Å². The van der Waals surface area contributed by atoms with Gasteiger partial charge in [-0.2, -0.15) is 0 Å². The normalized spacial score (nSPS) is 20.5. The highest BCUT2D eigenvalue weighted by Gasteiger charge is 2.24. The third-order valence-electron chi connectivity index (χ3n) is 5.88. The fraction of sp³-hybridized carbons (Fsp3) is 0.696. The topological polar surface area (TPSA) is 57.1 Å². The van der Waals surface area contributed by atoms with Crippen LogP contribution in [0.5, 0.6) is 0 Å². The van der Waals surface area contributed by atoms with Gasteiger partial charge in [-0.1, -0.05) is 43.2 Å². The van der Waals surface area contributed by atoms with E-state index >= 15 is 0 Å². The minimum Gasteiger partial charge on any atom is -0.391 e. The maximum Gasteiger partial charge on any atom is 0.194 e. The molecular weight excluding hydrogens is 350 g/mol. The first-order valence-corrected chi connectivity index (χ1v) is 11.1. The maximum atomic E-state index is 10.4. The molecule has 28 heavy (non-hydrogen) atoms. The Morgan fingerprint density at radius 1 is 1.18 bits per heavy atom. The first-order valence-electron chi connectivity index (χ1n) is 11.1. The molecule has 1 atom stereocenters. The van der Waals surface area contributed by atoms with Crippen molar-refractivity contribution in [2.75, 3.05) is 32.8 Å². The summed E-state index contributed by atoms with van der Waals surface area (Å²) in [5, 5.41) is 13.7. The number of guanidine groups is 1. The lowest BCUT2D eigenvalue weighted by atomic mass is 10.1. The second kappa shape index (κ2) is 11.4. The predicted octanol–water partition coefficient (Wildman–Crippen LogP) is 3.23. The predicted molar refractivity (Wildman–Crippen MR) is 115 cm³/mol. The van der Waals surface area contributed by atoms with E-state index in [9.17, 15) is 5.11 Å². The van der Waals surface area contributed by atoms with Crippen molar-refractivity contribution in [2.24, 2.45) is 10.9 Å². The molecule has 0 bridgehead atoms. The van der Waals surface area contributed by atoms with Gasteiger partial charge < -0.3 is 20.1 Å². The molecule has 2 fully saturated rings. The highest BCUT2D eigenvalue weighted by Crippen LogP contribution is 2.26. The van der Waals surface area contributed by atoms with Gasteiger partial charge in [0.25, 0.3) is 0 Å². The first kappa shape index (κ1) is 21.1. The highest BCUT2D eigenvalue weighted by molar-refractivity contribution is 5.80. The van der Waals surface area contributed by atoms with Gasteiger partial charge in [0.15, 0.2) is 5.96 Å². The van der Waals surface area contributed by atoms with Gasteiger partial charge in [0.1, 0.15) is 0 Å². The monoisotopic (exact) mass is 387 g/mol. The molecule has 1 saturated heterocycles. The zero-order valence-corrected chi connectivity index (χ0v) is 17.4. The highest BCUT2D eigenvalue weighted by atomic mass is 16.5. The lowest BCUT2D eigenvalue weighted by Gasteiger charge is -2.34. The number of aliphatic hydroxyl groups is 1. The summed E-state index contributed by atoms with van der Waals surface area (Å²) in [4.78, 5) is 7.02. The molecule has 1 aromatic carbocycles. The first-order chi connectivity index (χ1) is 13.7. The maximum absolute atomic E-state index is 10.4. The summed E-state index contributed by atoms with van der Waals surface area (Å²) in [7, 11) is 0. The van der Waals surface area contributed by atoms with Crippen molar-refractivity contribution in [3.63, 3.8) is 0 Å². The number of benzene rings is 1. The quantitative estimate of drug-likeness (QED) is 0.531. The molecule has 2 N–H and O–H groups in total. The van der Waals surface area contributed by atoms with Crippen molar-refractivity contribution in [1.82, 2.24) is 10.2 Å². The van der Waals surface area contributed by atoms with Crippen LogP contribution in [0.2, 0.25) is 0 Å². The number of nitrogens with zero attached hydrogens (tertiary/aromatic N) is 2. The lowest BCUT2D eigenvalue weighted by molar-refractivity contribution is 0.000979. The molecule has 1 saturated carbocycles. The standard InChI is InChI=1S/C23H37N3O2/c1-2-24-23(25-17-21(27)16-19-8-4-3-5-9-19)26-14-12-22(13-15-26)28-18-20-10-6-7-11-20/h3-5,8-9,20-22,27H,2,6-7,10-18H2,1H3,(H,24,25). The van der Waals surface area contributed by atoms with E-state index in [1.807, 2.05) is 18.2 Å². The van der Waals surface area contributed by atoms with E-state index in [1.54, 1.807) is 0 Å². The number of ether oxygens (including phenoxy) is 1. The Bertz CT molecular complexity index is 579. The number of aliphatic hydroxyl groups excluding tert-OH is 1. The zero-order valence-electron chi connectivity index (χ0n) is 17.4. The summed E-state index contributed by atoms with van der Waals surface area (Å²) in [5.41, 5.74) is 1.15. The van der Waals surface area contributed by atoms with Crippen LogP contribution in [0, 0.1) is 5.92 Å². The second-order valence-corrected chi connectivity index (χ2v) is 8.21. The summed E-state index contributed by atoms with van der Waals surface area (Å²) < 4.78 is 6.19. The van der Waals surface area contributed by atoms with Gasteiger partial charge in [-0.25, -0.2) is 0 Å². The SMILES string of the molecule is CCNC(=NCC(O)Cc1ccccc1)N1CCC(OCC2CCCC2)CC1. The summed E-state index contributed by atoms with van der Waals surface area (Å²) in [6.07, 6.45) is 8.15. The average Bonchev–Trinajstić information content (AvgIpc) is 3.24. The molecule has 5 nitrogen and oxygen atoms in total. The van der Waals surface area contributed by atoms with Crippen molar-refractivity contribution in [3.05, 3.63) is 35.9 Å². The second-order valence-electron chi connectivity index (χ2n) is 8.21. The minimum atomic E-state index is -0.455. The largest absolute Gasteiger partial charge is 0.391 e. The Morgan fingerprint density at radius 3 is 2.57 bits per heavy atom. The van der Waals surface area contributed by atoms with Crippen LogP contribution < -0.4 is 5.32 Å². The Balaban J connectivity index is 1.43. The van der Waals surface area contributed by atoms with E-state index in [1.165, 1.54) is 25.7 Å². The summed E-state index contributed by atoms with van der Waals surface area (Å²) >= 11 is 0. The van der Waals surface area contributed by atoms with Gasteiger partial charge in [0.05, 0.1) is 18.8 Å². The number of piperidine rings is 1. The van der Waals surface area contributed by atoms with E-state index in [4.69, 9.17) is 9.73 Å². The van der Waals surface area contributed by atoms with Gasteiger partial charge in [-0.05, 0) is 44.1 Å². The van der Waals surface area contributed by atoms with Crippen LogP contribution in [0.4, 0.5) is 0 Å². The van der Waals surface area contributed by atoms with Gasteiger partial charge in [-0.3, -0.25) is 4.99 Å². The van der Waals surface area contributed by atoms with Crippen LogP contribution in [0.15, 0.2) is 35.3 Å². The van der Waals surface area contributed by atoms with Crippen molar-refractivity contribution in [2.45, 2.75) is 64.1 Å². The van der Waals surface area contributed by atoms with Crippen LogP contribution in [-0.2, 0) is 11.2 Å². The minimum absolute atomic E-state index is 0.392. The average molecular weight is 388 g/mol. The molecule has 3 rings (SSSR count). The Kier molecular flexibility index (Phi) is 8.62. The van der Waals surface area contributed by atoms with Crippen LogP contribution in [-0.4, -0.2) is 61.0 Å². The third kappa shape index (κ3) is 6.78. The lowest BCUT2D eigenvalue weighted by Crippen LogP contribution is -2.47. The molecule has 2 aliphatic rings. The number of rotatable bonds is 8. The zero-order chi connectivity index (χ0) is 19.6. The number of hydrogen-bond donors (Lipinski definition) is 2. The van der Waals surface area contributed by atoms with E-state index in [2.05, 4.69) is 29.3 Å². The summed E-state index contributed by atoms with van der Waals surface area (Å²) in [6.45, 7) is 6.24. The van der Waals surface area contributed by atoms with Crippen molar-refractivity contribution >= 4 is 5.96 Å². The Labute approximate surface area is 170 Å². The van der Waals surface area contributed by atoms with Crippen LogP contribution >= 0.6 is 0 Å². The van der Waals surface area contributed by atoms with E-state index in [0.29, 0.717) is 19.1 Å². The number of hydrogen-bond acceptors (Lipinski definition) is 3. The van der Waals surface area contributed by atoms with Gasteiger partial charge in [0.2, 0.25) is 0 Å². The van der Waals surface area contributed by atoms with E-state index in [-0.39, 0.29) is 0 Å². The molecule has 1 unspecified atom stereocenters. The van der Waals surface area contributed by atoms with Crippen molar-refractivity contribution in [1.29, 1.82) is 0 Å². The molecule has 1 aromatic rings. The van der Waals surface area contributed by atoms with E-state index < -0.39 is 6.10 Å². The summed E-state index contributed by atoms with van der Waals surface area (Å²) in [5.74, 6) is 1.71. The van der Waals surface area contributed by atoms with Gasteiger partial charge in [-0.15, -0.1) is 0 Å².